The molecule has 0 aromatic heterocycles. The maximum Gasteiger partial charge on any atom is 0.306 e. The molecule has 346 valence electrons. The van der Waals surface area contributed by atoms with Crippen LogP contribution in [0.15, 0.2) is 0 Å². The van der Waals surface area contributed by atoms with Crippen molar-refractivity contribution in [2.24, 2.45) is 0 Å². The minimum absolute atomic E-state index is 0.00398. The number of nitrogens with zero attached hydrogens (tertiary/aromatic N) is 1. The van der Waals surface area contributed by atoms with Crippen molar-refractivity contribution in [1.29, 1.82) is 0 Å². The Morgan fingerprint density at radius 2 is 0.793 bits per heavy atom. The van der Waals surface area contributed by atoms with Gasteiger partial charge in [-0.05, 0) is 104 Å². The van der Waals surface area contributed by atoms with Crippen LogP contribution < -0.4 is 4.72 Å². The van der Waals surface area contributed by atoms with E-state index < -0.39 is 10.0 Å². The molecular weight excluding hydrogens is 745 g/mol. The molecule has 0 aromatic carbocycles. The van der Waals surface area contributed by atoms with Crippen LogP contribution >= 0.6 is 0 Å². The van der Waals surface area contributed by atoms with E-state index in [-0.39, 0.29) is 29.9 Å². The van der Waals surface area contributed by atoms with Crippen molar-refractivity contribution in [3.8, 4) is 0 Å². The summed E-state index contributed by atoms with van der Waals surface area (Å²) in [6.45, 7) is 14.0. The standard InChI is InChI=1S/C49H98N2O6S/c1-6-11-14-17-22-29-37-46(9-4)56-48(52)40-32-25-20-27-34-43-51(45-36-42-50-58(54,55)10-5)44-35-28-21-26-33-41-49(53)57-47(38-30-23-18-15-12-7-2)39-31-24-19-16-13-8-3/h46-47,50H,6-45H2,1-5H3. The van der Waals surface area contributed by atoms with Gasteiger partial charge >= 0.3 is 11.9 Å². The molecule has 0 bridgehead atoms. The lowest BCUT2D eigenvalue weighted by Gasteiger charge is -2.22. The van der Waals surface area contributed by atoms with Gasteiger partial charge in [-0.2, -0.15) is 0 Å². The number of nitrogens with one attached hydrogen (secondary N) is 1. The zero-order valence-corrected chi connectivity index (χ0v) is 40.1. The molecule has 0 heterocycles. The Morgan fingerprint density at radius 3 is 1.21 bits per heavy atom. The lowest BCUT2D eigenvalue weighted by Crippen LogP contribution is -2.32. The number of unbranched alkanes of at least 4 members (excludes halogenated alkanes) is 23. The maximum atomic E-state index is 12.8. The van der Waals surface area contributed by atoms with Gasteiger partial charge in [-0.1, -0.05) is 163 Å². The second-order valence-electron chi connectivity index (χ2n) is 17.3. The summed E-state index contributed by atoms with van der Waals surface area (Å²) in [5.74, 6) is 0.0772. The van der Waals surface area contributed by atoms with Crippen LogP contribution in [0, 0.1) is 0 Å². The van der Waals surface area contributed by atoms with Crippen LogP contribution in [0.25, 0.3) is 0 Å². The molecule has 8 nitrogen and oxygen atoms in total. The van der Waals surface area contributed by atoms with Gasteiger partial charge in [0.25, 0.3) is 0 Å². The molecule has 0 saturated heterocycles. The number of hydrogen-bond donors (Lipinski definition) is 1. The molecule has 58 heavy (non-hydrogen) atoms. The molecule has 1 atom stereocenters. The van der Waals surface area contributed by atoms with Crippen LogP contribution in [-0.2, 0) is 29.1 Å². The summed E-state index contributed by atoms with van der Waals surface area (Å²) in [6.07, 6.45) is 39.4. The van der Waals surface area contributed by atoms with Crippen LogP contribution in [-0.4, -0.2) is 69.4 Å². The minimum Gasteiger partial charge on any atom is -0.462 e. The molecule has 0 aliphatic heterocycles. The third kappa shape index (κ3) is 39.0. The summed E-state index contributed by atoms with van der Waals surface area (Å²) in [4.78, 5) is 27.8. The lowest BCUT2D eigenvalue weighted by molar-refractivity contribution is -0.150. The summed E-state index contributed by atoms with van der Waals surface area (Å²) in [5.41, 5.74) is 0. The van der Waals surface area contributed by atoms with Crippen molar-refractivity contribution in [1.82, 2.24) is 9.62 Å². The van der Waals surface area contributed by atoms with E-state index in [9.17, 15) is 18.0 Å². The van der Waals surface area contributed by atoms with Gasteiger partial charge in [-0.15, -0.1) is 0 Å². The first kappa shape index (κ1) is 56.8. The number of ether oxygens (including phenoxy) is 2. The molecule has 0 aliphatic rings. The highest BCUT2D eigenvalue weighted by Crippen LogP contribution is 2.19. The van der Waals surface area contributed by atoms with Gasteiger partial charge in [0.1, 0.15) is 12.2 Å². The average molecular weight is 843 g/mol. The number of sulfonamides is 1. The predicted octanol–water partition coefficient (Wildman–Crippen LogP) is 13.8. The Labute approximate surface area is 361 Å². The van der Waals surface area contributed by atoms with Crippen LogP contribution in [0.1, 0.15) is 259 Å². The van der Waals surface area contributed by atoms with Crippen molar-refractivity contribution < 1.29 is 27.5 Å². The van der Waals surface area contributed by atoms with Gasteiger partial charge in [-0.3, -0.25) is 9.59 Å². The molecule has 1 N–H and O–H groups in total. The molecule has 0 aliphatic carbocycles. The van der Waals surface area contributed by atoms with Gasteiger partial charge in [0, 0.05) is 19.4 Å². The zero-order valence-electron chi connectivity index (χ0n) is 39.2. The first-order chi connectivity index (χ1) is 28.2. The Bertz CT molecular complexity index is 993. The van der Waals surface area contributed by atoms with E-state index in [2.05, 4.69) is 37.3 Å². The lowest BCUT2D eigenvalue weighted by atomic mass is 10.0. The van der Waals surface area contributed by atoms with Crippen LogP contribution in [0.2, 0.25) is 0 Å². The van der Waals surface area contributed by atoms with E-state index in [4.69, 9.17) is 9.47 Å². The largest absolute Gasteiger partial charge is 0.462 e. The van der Waals surface area contributed by atoms with Gasteiger partial charge < -0.3 is 14.4 Å². The SMILES string of the molecule is CCCCCCCCC(CC)OC(=O)CCCCCCCN(CCCCCCCC(=O)OC(CCCCCCCC)CCCCCCCC)CCCNS(=O)(=O)CC. The Balaban J connectivity index is 4.47. The summed E-state index contributed by atoms with van der Waals surface area (Å²) >= 11 is 0. The molecule has 0 aromatic rings. The molecule has 1 unspecified atom stereocenters. The van der Waals surface area contributed by atoms with Crippen LogP contribution in [0.4, 0.5) is 0 Å². The quantitative estimate of drug-likeness (QED) is 0.0481. The third-order valence-corrected chi connectivity index (χ3v) is 13.2. The molecule has 9 heteroatoms. The molecule has 0 fully saturated rings. The van der Waals surface area contributed by atoms with Gasteiger partial charge in [0.2, 0.25) is 10.0 Å². The van der Waals surface area contributed by atoms with Crippen molar-refractivity contribution in [2.75, 3.05) is 31.9 Å². The van der Waals surface area contributed by atoms with Gasteiger partial charge in [-0.25, -0.2) is 13.1 Å². The highest BCUT2D eigenvalue weighted by Gasteiger charge is 2.15. The van der Waals surface area contributed by atoms with E-state index in [1.165, 1.54) is 109 Å². The second-order valence-corrected chi connectivity index (χ2v) is 19.4. The van der Waals surface area contributed by atoms with E-state index >= 15 is 0 Å². The summed E-state index contributed by atoms with van der Waals surface area (Å²) in [6, 6.07) is 0. The fraction of sp³-hybridized carbons (Fsp3) is 0.959. The van der Waals surface area contributed by atoms with E-state index in [1.54, 1.807) is 6.92 Å². The van der Waals surface area contributed by atoms with E-state index in [1.807, 2.05) is 0 Å². The summed E-state index contributed by atoms with van der Waals surface area (Å²) < 4.78 is 38.4. The van der Waals surface area contributed by atoms with Crippen molar-refractivity contribution >= 4 is 22.0 Å². The first-order valence-electron chi connectivity index (χ1n) is 25.3. The molecule has 0 radical (unpaired) electrons. The topological polar surface area (TPSA) is 102 Å². The Morgan fingerprint density at radius 1 is 0.448 bits per heavy atom. The monoisotopic (exact) mass is 843 g/mol. The third-order valence-electron chi connectivity index (χ3n) is 11.8. The smallest absolute Gasteiger partial charge is 0.306 e. The molecule has 0 amide bonds. The van der Waals surface area contributed by atoms with Gasteiger partial charge in [0.05, 0.1) is 5.75 Å². The number of esters is 2. The van der Waals surface area contributed by atoms with Crippen molar-refractivity contribution in [2.45, 2.75) is 272 Å². The number of carbonyl (C=O) groups is 2. The fourth-order valence-electron chi connectivity index (χ4n) is 7.79. The van der Waals surface area contributed by atoms with E-state index in [0.29, 0.717) is 19.4 Å². The number of rotatable bonds is 46. The maximum absolute atomic E-state index is 12.8. The van der Waals surface area contributed by atoms with Crippen LogP contribution in [0.3, 0.4) is 0 Å². The summed E-state index contributed by atoms with van der Waals surface area (Å²) in [5, 5.41) is 0. The molecule has 0 rings (SSSR count). The van der Waals surface area contributed by atoms with Crippen molar-refractivity contribution in [3.05, 3.63) is 0 Å². The zero-order chi connectivity index (χ0) is 42.8. The molecular formula is C49H98N2O6S. The van der Waals surface area contributed by atoms with E-state index in [0.717, 1.165) is 122 Å². The Hall–Kier alpha value is -1.19. The summed E-state index contributed by atoms with van der Waals surface area (Å²) in [7, 11) is -3.17. The van der Waals surface area contributed by atoms with Gasteiger partial charge in [0.15, 0.2) is 0 Å². The minimum atomic E-state index is -3.17. The van der Waals surface area contributed by atoms with Crippen molar-refractivity contribution in [3.63, 3.8) is 0 Å². The molecule has 0 spiro atoms. The predicted molar refractivity (Wildman–Crippen MR) is 248 cm³/mol. The normalized spacial score (nSPS) is 12.5. The first-order valence-corrected chi connectivity index (χ1v) is 26.9. The Kier molecular flexibility index (Phi) is 41.6. The highest BCUT2D eigenvalue weighted by molar-refractivity contribution is 7.89. The number of hydrogen-bond acceptors (Lipinski definition) is 7. The second kappa shape index (κ2) is 42.5. The molecule has 0 saturated carbocycles. The highest BCUT2D eigenvalue weighted by atomic mass is 32.2. The van der Waals surface area contributed by atoms with Crippen LogP contribution in [0.5, 0.6) is 0 Å². The average Bonchev–Trinajstić information content (AvgIpc) is 3.21. The fourth-order valence-corrected chi connectivity index (χ4v) is 8.45. The number of carbonyl (C=O) groups excluding carboxylic acids is 2.